The molecule has 2 heteroatoms. The van der Waals surface area contributed by atoms with E-state index in [1.807, 2.05) is 0 Å². The zero-order chi connectivity index (χ0) is 18.2. The van der Waals surface area contributed by atoms with Gasteiger partial charge in [0, 0.05) is 5.56 Å². The highest BCUT2D eigenvalue weighted by Gasteiger charge is 2.18. The van der Waals surface area contributed by atoms with Crippen LogP contribution < -0.4 is 0 Å². The van der Waals surface area contributed by atoms with E-state index in [0.717, 1.165) is 29.6 Å². The van der Waals surface area contributed by atoms with Gasteiger partial charge >= 0.3 is 0 Å². The van der Waals surface area contributed by atoms with Gasteiger partial charge in [-0.05, 0) is 55.2 Å². The molecular weight excluding hydrogens is 316 g/mol. The van der Waals surface area contributed by atoms with E-state index in [0.29, 0.717) is 0 Å². The summed E-state index contributed by atoms with van der Waals surface area (Å²) in [6.07, 6.45) is 13.0. The number of rotatable bonds is 8. The van der Waals surface area contributed by atoms with Crippen molar-refractivity contribution in [2.45, 2.75) is 78.1 Å². The Bertz CT molecular complexity index is 637. The molecule has 0 atom stereocenters. The molecule has 26 heavy (non-hydrogen) atoms. The fourth-order valence-corrected chi connectivity index (χ4v) is 4.04. The lowest BCUT2D eigenvalue weighted by atomic mass is 9.81. The molecule has 0 unspecified atom stereocenters. The predicted octanol–water partition coefficient (Wildman–Crippen LogP) is 6.64. The van der Waals surface area contributed by atoms with E-state index in [9.17, 15) is 0 Å². The minimum atomic E-state index is 0.896. The van der Waals surface area contributed by atoms with E-state index < -0.39 is 0 Å². The van der Waals surface area contributed by atoms with Gasteiger partial charge in [0.15, 0.2) is 0 Å². The average Bonchev–Trinajstić information content (AvgIpc) is 2.69. The first-order chi connectivity index (χ1) is 12.7. The molecule has 0 aliphatic heterocycles. The Morgan fingerprint density at radius 2 is 1.62 bits per heavy atom. The number of benzene rings is 1. The first-order valence-corrected chi connectivity index (χ1v) is 10.7. The molecule has 2 aromatic rings. The minimum absolute atomic E-state index is 0.896. The van der Waals surface area contributed by atoms with Crippen LogP contribution in [0.2, 0.25) is 0 Å². The molecule has 1 aromatic heterocycles. The van der Waals surface area contributed by atoms with E-state index in [-0.39, 0.29) is 0 Å². The lowest BCUT2D eigenvalue weighted by molar-refractivity contribution is 0.277. The fourth-order valence-electron chi connectivity index (χ4n) is 4.04. The number of aryl methyl sites for hydroxylation is 2. The summed E-state index contributed by atoms with van der Waals surface area (Å²) in [7, 11) is 0. The summed E-state index contributed by atoms with van der Waals surface area (Å²) in [5.41, 5.74) is 4.72. The summed E-state index contributed by atoms with van der Waals surface area (Å²) in [5, 5.41) is 8.97. The number of nitrogens with zero attached hydrogens (tertiary/aromatic N) is 2. The Hall–Kier alpha value is -1.70. The lowest BCUT2D eigenvalue weighted by Gasteiger charge is -2.25. The second kappa shape index (κ2) is 9.85. The van der Waals surface area contributed by atoms with E-state index in [2.05, 4.69) is 60.4 Å². The van der Waals surface area contributed by atoms with Crippen molar-refractivity contribution in [2.24, 2.45) is 11.8 Å². The van der Waals surface area contributed by atoms with Crippen LogP contribution in [-0.4, -0.2) is 10.2 Å². The molecule has 0 N–H and O–H groups in total. The van der Waals surface area contributed by atoms with Crippen molar-refractivity contribution in [3.8, 4) is 11.3 Å². The molecule has 3 rings (SSSR count). The molecule has 0 amide bonds. The zero-order valence-electron chi connectivity index (χ0n) is 16.6. The SMILES string of the molecule is CCCCCc1ccc(-c2ccc(CCC3CCC(C)CC3)nn2)cc1. The summed E-state index contributed by atoms with van der Waals surface area (Å²) < 4.78 is 0. The van der Waals surface area contributed by atoms with Gasteiger partial charge in [-0.3, -0.25) is 0 Å². The fraction of sp³-hybridized carbons (Fsp3) is 0.583. The lowest BCUT2D eigenvalue weighted by Crippen LogP contribution is -2.13. The quantitative estimate of drug-likeness (QED) is 0.499. The maximum atomic E-state index is 4.49. The monoisotopic (exact) mass is 350 g/mol. The number of unbranched alkanes of at least 4 members (excludes halogenated alkanes) is 2. The second-order valence-corrected chi connectivity index (χ2v) is 8.23. The van der Waals surface area contributed by atoms with Gasteiger partial charge in [-0.2, -0.15) is 10.2 Å². The van der Waals surface area contributed by atoms with Crippen molar-refractivity contribution < 1.29 is 0 Å². The van der Waals surface area contributed by atoms with Gasteiger partial charge < -0.3 is 0 Å². The molecule has 0 saturated heterocycles. The summed E-state index contributed by atoms with van der Waals surface area (Å²) in [6, 6.07) is 13.2. The van der Waals surface area contributed by atoms with Gasteiger partial charge in [0.1, 0.15) is 0 Å². The third-order valence-electron chi connectivity index (χ3n) is 5.98. The van der Waals surface area contributed by atoms with Crippen LogP contribution in [0.1, 0.15) is 76.5 Å². The minimum Gasteiger partial charge on any atom is -0.155 e. The van der Waals surface area contributed by atoms with Gasteiger partial charge in [-0.1, -0.05) is 76.6 Å². The van der Waals surface area contributed by atoms with E-state index in [4.69, 9.17) is 0 Å². The average molecular weight is 351 g/mol. The normalized spacial score (nSPS) is 20.2. The number of aromatic nitrogens is 2. The van der Waals surface area contributed by atoms with Gasteiger partial charge in [0.25, 0.3) is 0 Å². The molecule has 1 fully saturated rings. The van der Waals surface area contributed by atoms with E-state index in [1.165, 1.54) is 68.9 Å². The van der Waals surface area contributed by atoms with Crippen LogP contribution in [0.5, 0.6) is 0 Å². The number of hydrogen-bond donors (Lipinski definition) is 0. The Kier molecular flexibility index (Phi) is 7.22. The summed E-state index contributed by atoms with van der Waals surface area (Å²) in [6.45, 7) is 4.64. The third kappa shape index (κ3) is 5.65. The molecule has 0 spiro atoms. The Balaban J connectivity index is 1.50. The number of hydrogen-bond acceptors (Lipinski definition) is 2. The van der Waals surface area contributed by atoms with Crippen LogP contribution in [-0.2, 0) is 12.8 Å². The summed E-state index contributed by atoms with van der Waals surface area (Å²) in [4.78, 5) is 0. The molecule has 1 heterocycles. The topological polar surface area (TPSA) is 25.8 Å². The maximum Gasteiger partial charge on any atom is 0.0929 e. The second-order valence-electron chi connectivity index (χ2n) is 8.23. The van der Waals surface area contributed by atoms with Crippen molar-refractivity contribution in [2.75, 3.05) is 0 Å². The van der Waals surface area contributed by atoms with Gasteiger partial charge in [-0.15, -0.1) is 0 Å². The van der Waals surface area contributed by atoms with Crippen LogP contribution in [0, 0.1) is 11.8 Å². The van der Waals surface area contributed by atoms with Crippen molar-refractivity contribution in [1.29, 1.82) is 0 Å². The first-order valence-electron chi connectivity index (χ1n) is 10.7. The smallest absolute Gasteiger partial charge is 0.0929 e. The van der Waals surface area contributed by atoms with Crippen LogP contribution in [0.15, 0.2) is 36.4 Å². The first kappa shape index (κ1) is 19.1. The highest BCUT2D eigenvalue weighted by atomic mass is 15.1. The van der Waals surface area contributed by atoms with Gasteiger partial charge in [0.2, 0.25) is 0 Å². The van der Waals surface area contributed by atoms with Crippen LogP contribution >= 0.6 is 0 Å². The molecule has 1 aliphatic rings. The van der Waals surface area contributed by atoms with Crippen molar-refractivity contribution >= 4 is 0 Å². The van der Waals surface area contributed by atoms with E-state index >= 15 is 0 Å². The Labute approximate surface area is 159 Å². The van der Waals surface area contributed by atoms with Crippen molar-refractivity contribution in [3.05, 3.63) is 47.7 Å². The van der Waals surface area contributed by atoms with Crippen molar-refractivity contribution in [3.63, 3.8) is 0 Å². The predicted molar refractivity (Wildman–Crippen MR) is 110 cm³/mol. The summed E-state index contributed by atoms with van der Waals surface area (Å²) >= 11 is 0. The standard InChI is InChI=1S/C24H34N2/c1-3-4-5-6-20-11-14-22(15-12-20)24-18-17-23(25-26-24)16-13-21-9-7-19(2)8-10-21/h11-12,14-15,17-19,21H,3-10,13,16H2,1-2H3. The Morgan fingerprint density at radius 3 is 2.27 bits per heavy atom. The highest BCUT2D eigenvalue weighted by Crippen LogP contribution is 2.31. The molecule has 0 bridgehead atoms. The molecular formula is C24H34N2. The Morgan fingerprint density at radius 1 is 0.846 bits per heavy atom. The summed E-state index contributed by atoms with van der Waals surface area (Å²) in [5.74, 6) is 1.83. The van der Waals surface area contributed by atoms with Gasteiger partial charge in [0.05, 0.1) is 11.4 Å². The van der Waals surface area contributed by atoms with Gasteiger partial charge in [-0.25, -0.2) is 0 Å². The molecule has 1 aromatic carbocycles. The van der Waals surface area contributed by atoms with E-state index in [1.54, 1.807) is 0 Å². The maximum absolute atomic E-state index is 4.49. The van der Waals surface area contributed by atoms with Crippen molar-refractivity contribution in [1.82, 2.24) is 10.2 Å². The highest BCUT2D eigenvalue weighted by molar-refractivity contribution is 5.58. The van der Waals surface area contributed by atoms with Crippen LogP contribution in [0.4, 0.5) is 0 Å². The van der Waals surface area contributed by atoms with Crippen LogP contribution in [0.3, 0.4) is 0 Å². The zero-order valence-corrected chi connectivity index (χ0v) is 16.6. The third-order valence-corrected chi connectivity index (χ3v) is 5.98. The molecule has 1 saturated carbocycles. The molecule has 2 nitrogen and oxygen atoms in total. The largest absolute Gasteiger partial charge is 0.155 e. The van der Waals surface area contributed by atoms with Crippen LogP contribution in [0.25, 0.3) is 11.3 Å². The molecule has 1 aliphatic carbocycles. The molecule has 140 valence electrons. The molecule has 0 radical (unpaired) electrons.